The van der Waals surface area contributed by atoms with Gasteiger partial charge in [0.05, 0.1) is 11.1 Å². The van der Waals surface area contributed by atoms with Crippen molar-refractivity contribution in [2.75, 3.05) is 0 Å². The van der Waals surface area contributed by atoms with Gasteiger partial charge in [-0.3, -0.25) is 0 Å². The van der Waals surface area contributed by atoms with E-state index in [0.29, 0.717) is 29.1 Å². The van der Waals surface area contributed by atoms with Gasteiger partial charge in [0.1, 0.15) is 23.0 Å². The van der Waals surface area contributed by atoms with E-state index < -0.39 is 11.3 Å². The molecule has 0 aliphatic heterocycles. The molecular weight excluding hydrogens is 288 g/mol. The molecule has 118 valence electrons. The van der Waals surface area contributed by atoms with Crippen LogP contribution in [0.15, 0.2) is 18.4 Å². The van der Waals surface area contributed by atoms with Gasteiger partial charge in [-0.05, 0) is 20.8 Å². The Hall–Kier alpha value is -2.50. The predicted molar refractivity (Wildman–Crippen MR) is 79.7 cm³/mol. The van der Waals surface area contributed by atoms with Crippen LogP contribution >= 0.6 is 0 Å². The molecule has 2 rings (SSSR count). The summed E-state index contributed by atoms with van der Waals surface area (Å²) in [7, 11) is 0. The molecule has 0 fully saturated rings. The van der Waals surface area contributed by atoms with Gasteiger partial charge in [0.15, 0.2) is 0 Å². The summed E-state index contributed by atoms with van der Waals surface area (Å²) in [5.74, 6) is 0.248. The lowest BCUT2D eigenvalue weighted by molar-refractivity contribution is 0.402. The van der Waals surface area contributed by atoms with E-state index in [1.54, 1.807) is 27.7 Å². The van der Waals surface area contributed by atoms with Gasteiger partial charge in [0, 0.05) is 24.0 Å². The summed E-state index contributed by atoms with van der Waals surface area (Å²) in [4.78, 5) is 23.9. The van der Waals surface area contributed by atoms with Crippen LogP contribution in [0.2, 0.25) is 0 Å². The van der Waals surface area contributed by atoms with Crippen molar-refractivity contribution in [1.82, 2.24) is 0 Å². The maximum absolute atomic E-state index is 12.0. The van der Waals surface area contributed by atoms with Gasteiger partial charge in [-0.2, -0.15) is 0 Å². The fraction of sp³-hybridized carbons (Fsp3) is 0.375. The fourth-order valence-corrected chi connectivity index (χ4v) is 2.30. The molecule has 0 saturated heterocycles. The fourth-order valence-electron chi connectivity index (χ4n) is 2.30. The molecule has 2 heterocycles. The Morgan fingerprint density at radius 3 is 1.91 bits per heavy atom. The number of aryl methyl sites for hydroxylation is 2. The highest BCUT2D eigenvalue weighted by Gasteiger charge is 2.21. The van der Waals surface area contributed by atoms with Gasteiger partial charge in [0.25, 0.3) is 0 Å². The topological polar surface area (TPSA) is 101 Å². The van der Waals surface area contributed by atoms with Crippen LogP contribution in [0, 0.1) is 20.8 Å². The lowest BCUT2D eigenvalue weighted by Crippen LogP contribution is -2.16. The van der Waals surface area contributed by atoms with Gasteiger partial charge in [-0.25, -0.2) is 9.59 Å². The molecule has 22 heavy (non-hydrogen) atoms. The summed E-state index contributed by atoms with van der Waals surface area (Å²) in [5.41, 5.74) is -0.742. The summed E-state index contributed by atoms with van der Waals surface area (Å²) in [6, 6.07) is 0. The molecule has 6 nitrogen and oxygen atoms in total. The molecule has 0 radical (unpaired) electrons. The molecule has 0 spiro atoms. The van der Waals surface area contributed by atoms with Crippen LogP contribution in [0.1, 0.15) is 40.7 Å². The molecule has 0 bridgehead atoms. The molecular formula is C16H18O6. The van der Waals surface area contributed by atoms with Crippen molar-refractivity contribution >= 4 is 0 Å². The van der Waals surface area contributed by atoms with Crippen LogP contribution in [0.5, 0.6) is 11.5 Å². The van der Waals surface area contributed by atoms with E-state index in [1.807, 2.05) is 0 Å². The Morgan fingerprint density at radius 2 is 1.36 bits per heavy atom. The average Bonchev–Trinajstić information content (AvgIpc) is 2.48. The van der Waals surface area contributed by atoms with Crippen LogP contribution in [-0.2, 0) is 12.8 Å². The van der Waals surface area contributed by atoms with E-state index in [-0.39, 0.29) is 29.0 Å². The maximum Gasteiger partial charge on any atom is 0.343 e. The Labute approximate surface area is 126 Å². The van der Waals surface area contributed by atoms with Crippen molar-refractivity contribution in [2.24, 2.45) is 0 Å². The third-order valence-electron chi connectivity index (χ3n) is 3.86. The molecule has 0 aromatic carbocycles. The number of hydrogen-bond acceptors (Lipinski definition) is 6. The number of rotatable bonds is 3. The highest BCUT2D eigenvalue weighted by molar-refractivity contribution is 5.46. The average molecular weight is 306 g/mol. The lowest BCUT2D eigenvalue weighted by atomic mass is 10.0. The molecule has 0 aliphatic carbocycles. The zero-order chi connectivity index (χ0) is 16.6. The second-order valence-corrected chi connectivity index (χ2v) is 5.19. The van der Waals surface area contributed by atoms with E-state index in [9.17, 15) is 19.8 Å². The summed E-state index contributed by atoms with van der Waals surface area (Å²) >= 11 is 0. The predicted octanol–water partition coefficient (Wildman–Crippen LogP) is 2.08. The minimum Gasteiger partial charge on any atom is -0.507 e. The Bertz CT molecular complexity index is 841. The molecule has 0 amide bonds. The Balaban J connectivity index is 2.63. The largest absolute Gasteiger partial charge is 0.507 e. The van der Waals surface area contributed by atoms with Gasteiger partial charge in [-0.1, -0.05) is 6.92 Å². The quantitative estimate of drug-likeness (QED) is 0.900. The Kier molecular flexibility index (Phi) is 4.12. The maximum atomic E-state index is 12.0. The minimum atomic E-state index is -0.739. The first-order valence-electron chi connectivity index (χ1n) is 6.94. The molecule has 2 aromatic rings. The van der Waals surface area contributed by atoms with Crippen molar-refractivity contribution in [1.29, 1.82) is 0 Å². The standard InChI is InChI=1S/C16H18O6/c1-5-12-8(3)14(18)11(16(20)22-12)6-10-13(17)7(2)9(4)21-15(10)19/h17-18H,5-6H2,1-4H3. The van der Waals surface area contributed by atoms with Crippen molar-refractivity contribution in [3.8, 4) is 11.5 Å². The van der Waals surface area contributed by atoms with Crippen molar-refractivity contribution in [2.45, 2.75) is 40.5 Å². The van der Waals surface area contributed by atoms with E-state index in [2.05, 4.69) is 0 Å². The number of hydrogen-bond donors (Lipinski definition) is 2. The van der Waals surface area contributed by atoms with E-state index in [4.69, 9.17) is 8.83 Å². The Morgan fingerprint density at radius 1 is 0.864 bits per heavy atom. The van der Waals surface area contributed by atoms with Crippen molar-refractivity contribution in [3.05, 3.63) is 54.6 Å². The summed E-state index contributed by atoms with van der Waals surface area (Å²) in [6.45, 7) is 6.59. The zero-order valence-corrected chi connectivity index (χ0v) is 12.9. The summed E-state index contributed by atoms with van der Waals surface area (Å²) in [6.07, 6.45) is 0.209. The molecule has 0 atom stereocenters. The highest BCUT2D eigenvalue weighted by Crippen LogP contribution is 2.28. The smallest absolute Gasteiger partial charge is 0.343 e. The molecule has 6 heteroatoms. The van der Waals surface area contributed by atoms with Gasteiger partial charge in [0.2, 0.25) is 0 Å². The van der Waals surface area contributed by atoms with E-state index in [0.717, 1.165) is 0 Å². The third-order valence-corrected chi connectivity index (χ3v) is 3.86. The lowest BCUT2D eigenvalue weighted by Gasteiger charge is -2.10. The molecule has 0 saturated carbocycles. The van der Waals surface area contributed by atoms with Crippen LogP contribution in [0.4, 0.5) is 0 Å². The van der Waals surface area contributed by atoms with Crippen LogP contribution in [-0.4, -0.2) is 10.2 Å². The minimum absolute atomic E-state index is 0.0689. The van der Waals surface area contributed by atoms with Gasteiger partial charge < -0.3 is 19.0 Å². The second-order valence-electron chi connectivity index (χ2n) is 5.19. The number of aromatic hydroxyl groups is 2. The van der Waals surface area contributed by atoms with Crippen LogP contribution < -0.4 is 11.3 Å². The van der Waals surface area contributed by atoms with Crippen LogP contribution in [0.3, 0.4) is 0 Å². The SMILES string of the molecule is CCc1oc(=O)c(Cc2c(O)c(C)c(C)oc2=O)c(O)c1C. The molecule has 0 aliphatic rings. The monoisotopic (exact) mass is 306 g/mol. The molecule has 2 aromatic heterocycles. The van der Waals surface area contributed by atoms with Crippen LogP contribution in [0.25, 0.3) is 0 Å². The molecule has 0 unspecified atom stereocenters. The first-order valence-corrected chi connectivity index (χ1v) is 6.94. The summed E-state index contributed by atoms with van der Waals surface area (Å²) in [5, 5.41) is 20.3. The first-order chi connectivity index (χ1) is 10.3. The van der Waals surface area contributed by atoms with E-state index >= 15 is 0 Å². The third kappa shape index (κ3) is 2.52. The second kappa shape index (κ2) is 5.71. The highest BCUT2D eigenvalue weighted by atomic mass is 16.4. The zero-order valence-electron chi connectivity index (χ0n) is 12.9. The molecule has 2 N–H and O–H groups in total. The van der Waals surface area contributed by atoms with Gasteiger partial charge >= 0.3 is 11.3 Å². The van der Waals surface area contributed by atoms with Crippen molar-refractivity contribution in [3.63, 3.8) is 0 Å². The first kappa shape index (κ1) is 15.9. The van der Waals surface area contributed by atoms with Gasteiger partial charge in [-0.15, -0.1) is 0 Å². The van der Waals surface area contributed by atoms with E-state index in [1.165, 1.54) is 0 Å². The normalized spacial score (nSPS) is 10.9. The summed E-state index contributed by atoms with van der Waals surface area (Å²) < 4.78 is 10.2. The van der Waals surface area contributed by atoms with Crippen molar-refractivity contribution < 1.29 is 19.0 Å².